The summed E-state index contributed by atoms with van der Waals surface area (Å²) in [6.07, 6.45) is 6.62. The molecule has 5 rings (SSSR count). The van der Waals surface area contributed by atoms with Crippen LogP contribution < -0.4 is 10.6 Å². The number of nitrogens with two attached hydrogens (primary N) is 1. The lowest BCUT2D eigenvalue weighted by atomic mass is 10.0. The molecule has 2 N–H and O–H groups in total. The van der Waals surface area contributed by atoms with Crippen LogP contribution in [0.1, 0.15) is 40.4 Å². The van der Waals surface area contributed by atoms with Crippen molar-refractivity contribution >= 4 is 28.1 Å². The number of hydrogen-bond donors (Lipinski definition) is 1. The molecule has 0 saturated heterocycles. The van der Waals surface area contributed by atoms with E-state index < -0.39 is 28.3 Å². The molecule has 1 aliphatic rings. The summed E-state index contributed by atoms with van der Waals surface area (Å²) in [6, 6.07) is 11.8. The van der Waals surface area contributed by atoms with Crippen LogP contribution in [0.3, 0.4) is 0 Å². The zero-order chi connectivity index (χ0) is 26.3. The van der Waals surface area contributed by atoms with Crippen LogP contribution in [0.5, 0.6) is 0 Å². The first-order valence-corrected chi connectivity index (χ1v) is 13.3. The van der Waals surface area contributed by atoms with E-state index in [-0.39, 0.29) is 28.4 Å². The number of halogens is 2. The maximum Gasteiger partial charge on any atom is 0.260 e. The van der Waals surface area contributed by atoms with Gasteiger partial charge < -0.3 is 10.6 Å². The van der Waals surface area contributed by atoms with Gasteiger partial charge in [-0.25, -0.2) is 8.78 Å². The molecule has 1 atom stereocenters. The molecule has 1 unspecified atom stereocenters. The number of amides is 1. The summed E-state index contributed by atoms with van der Waals surface area (Å²) in [7, 11) is 0.0892. The molecule has 1 amide bonds. The summed E-state index contributed by atoms with van der Waals surface area (Å²) >= 11 is 0. The number of hydrogen-bond acceptors (Lipinski definition) is 5. The van der Waals surface area contributed by atoms with E-state index in [4.69, 9.17) is 5.73 Å². The van der Waals surface area contributed by atoms with Crippen LogP contribution in [0.15, 0.2) is 65.8 Å². The third kappa shape index (κ3) is 5.01. The molecule has 2 aromatic heterocycles. The fourth-order valence-electron chi connectivity index (χ4n) is 4.37. The smallest absolute Gasteiger partial charge is 0.260 e. The molecule has 4 aromatic rings. The Morgan fingerprint density at radius 3 is 2.54 bits per heavy atom. The molecule has 2 heterocycles. The van der Waals surface area contributed by atoms with Gasteiger partial charge >= 0.3 is 0 Å². The second-order valence-corrected chi connectivity index (χ2v) is 10.4. The van der Waals surface area contributed by atoms with E-state index in [0.29, 0.717) is 22.7 Å². The predicted octanol–water partition coefficient (Wildman–Crippen LogP) is 4.80. The average Bonchev–Trinajstić information content (AvgIpc) is 3.64. The molecule has 0 bridgehead atoms. The SMILES string of the molecule is Cn1nccc1-c1c(N)cc(CN(C(=O)c2ccc(C3CC3)nc2)c2ccc(F)cc2S(C)=O)cc1F. The molecule has 2 aromatic carbocycles. The average molecular weight is 522 g/mol. The van der Waals surface area contributed by atoms with Crippen molar-refractivity contribution in [2.75, 3.05) is 16.9 Å². The van der Waals surface area contributed by atoms with Crippen molar-refractivity contribution in [3.63, 3.8) is 0 Å². The van der Waals surface area contributed by atoms with Gasteiger partial charge in [-0.3, -0.25) is 18.7 Å². The molecular weight excluding hydrogens is 496 g/mol. The van der Waals surface area contributed by atoms with Gasteiger partial charge in [0.25, 0.3) is 5.91 Å². The number of pyridine rings is 1. The Bertz CT molecular complexity index is 1490. The van der Waals surface area contributed by atoms with Crippen LogP contribution in [-0.2, 0) is 24.4 Å². The first-order valence-electron chi connectivity index (χ1n) is 11.7. The number of aromatic nitrogens is 3. The topological polar surface area (TPSA) is 94.1 Å². The zero-order valence-corrected chi connectivity index (χ0v) is 21.1. The number of anilines is 2. The first kappa shape index (κ1) is 24.8. The standard InChI is InChI=1S/C27H25F2N5O2S/c1-33-24(9-10-32-33)26-20(29)11-16(12-21(26)30)15-34(23-8-6-19(28)13-25(23)37(2)36)27(35)18-5-7-22(31-14-18)17-3-4-17/h5-14,17H,3-4,15,30H2,1-2H3. The third-order valence-corrected chi connectivity index (χ3v) is 7.34. The highest BCUT2D eigenvalue weighted by Crippen LogP contribution is 2.39. The van der Waals surface area contributed by atoms with Gasteiger partial charge in [-0.15, -0.1) is 0 Å². The lowest BCUT2D eigenvalue weighted by Crippen LogP contribution is -2.31. The number of nitrogens with zero attached hydrogens (tertiary/aromatic N) is 4. The second-order valence-electron chi connectivity index (χ2n) is 9.09. The van der Waals surface area contributed by atoms with Crippen molar-refractivity contribution in [1.82, 2.24) is 14.8 Å². The zero-order valence-electron chi connectivity index (χ0n) is 20.3. The van der Waals surface area contributed by atoms with Crippen molar-refractivity contribution in [3.8, 4) is 11.3 Å². The molecule has 37 heavy (non-hydrogen) atoms. The van der Waals surface area contributed by atoms with Gasteiger partial charge in [0, 0.05) is 43.0 Å². The summed E-state index contributed by atoms with van der Waals surface area (Å²) in [6.45, 7) is -0.0914. The van der Waals surface area contributed by atoms with Crippen molar-refractivity contribution < 1.29 is 17.8 Å². The van der Waals surface area contributed by atoms with E-state index in [9.17, 15) is 13.4 Å². The largest absolute Gasteiger partial charge is 0.398 e. The predicted molar refractivity (Wildman–Crippen MR) is 138 cm³/mol. The Hall–Kier alpha value is -3.92. The molecular formula is C27H25F2N5O2S. The first-order chi connectivity index (χ1) is 17.7. The molecule has 1 fully saturated rings. The molecule has 1 aliphatic carbocycles. The number of rotatable bonds is 7. The molecule has 7 nitrogen and oxygen atoms in total. The van der Waals surface area contributed by atoms with Gasteiger partial charge in [0.2, 0.25) is 0 Å². The van der Waals surface area contributed by atoms with Gasteiger partial charge in [-0.1, -0.05) is 0 Å². The van der Waals surface area contributed by atoms with E-state index in [1.165, 1.54) is 40.2 Å². The van der Waals surface area contributed by atoms with Crippen LogP contribution in [0.2, 0.25) is 0 Å². The maximum absolute atomic E-state index is 15.3. The Kier molecular flexibility index (Phi) is 6.59. The molecule has 0 aliphatic heterocycles. The normalized spacial score (nSPS) is 13.9. The highest BCUT2D eigenvalue weighted by Gasteiger charge is 2.27. The number of nitrogen functional groups attached to an aromatic ring is 1. The molecule has 190 valence electrons. The minimum absolute atomic E-state index is 0.0914. The van der Waals surface area contributed by atoms with E-state index in [1.807, 2.05) is 6.07 Å². The number of carbonyl (C=O) groups is 1. The van der Waals surface area contributed by atoms with E-state index >= 15 is 4.39 Å². The van der Waals surface area contributed by atoms with Gasteiger partial charge in [0.1, 0.15) is 11.6 Å². The minimum atomic E-state index is -1.60. The number of carbonyl (C=O) groups excluding carboxylic acids is 1. The number of benzene rings is 2. The Morgan fingerprint density at radius 1 is 1.16 bits per heavy atom. The Balaban J connectivity index is 1.56. The fraction of sp³-hybridized carbons (Fsp3) is 0.222. The van der Waals surface area contributed by atoms with Crippen molar-refractivity contribution in [2.45, 2.75) is 30.2 Å². The van der Waals surface area contributed by atoms with E-state index in [2.05, 4.69) is 10.1 Å². The summed E-state index contributed by atoms with van der Waals surface area (Å²) in [4.78, 5) is 19.7. The van der Waals surface area contributed by atoms with Gasteiger partial charge in [-0.05, 0) is 66.9 Å². The van der Waals surface area contributed by atoms with Gasteiger partial charge in [-0.2, -0.15) is 5.10 Å². The maximum atomic E-state index is 15.3. The Labute approximate surface area is 215 Å². The van der Waals surface area contributed by atoms with Crippen molar-refractivity contribution in [1.29, 1.82) is 0 Å². The highest BCUT2D eigenvalue weighted by atomic mass is 32.2. The number of aryl methyl sites for hydroxylation is 1. The van der Waals surface area contributed by atoms with Crippen LogP contribution in [-0.4, -0.2) is 31.1 Å². The van der Waals surface area contributed by atoms with Crippen molar-refractivity contribution in [2.24, 2.45) is 7.05 Å². The van der Waals surface area contributed by atoms with Crippen LogP contribution >= 0.6 is 0 Å². The van der Waals surface area contributed by atoms with Crippen LogP contribution in [0, 0.1) is 11.6 Å². The Morgan fingerprint density at radius 2 is 1.95 bits per heavy atom. The van der Waals surface area contributed by atoms with Crippen molar-refractivity contribution in [3.05, 3.63) is 89.4 Å². The quantitative estimate of drug-likeness (QED) is 0.353. The monoisotopic (exact) mass is 521 g/mol. The summed E-state index contributed by atoms with van der Waals surface area (Å²) in [5.41, 5.74) is 9.05. The lowest BCUT2D eigenvalue weighted by Gasteiger charge is -2.25. The minimum Gasteiger partial charge on any atom is -0.398 e. The summed E-state index contributed by atoms with van der Waals surface area (Å²) in [5.74, 6) is -1.16. The third-order valence-electron chi connectivity index (χ3n) is 6.39. The van der Waals surface area contributed by atoms with E-state index in [0.717, 1.165) is 24.6 Å². The molecule has 0 spiro atoms. The molecule has 0 radical (unpaired) electrons. The van der Waals surface area contributed by atoms with Crippen LogP contribution in [0.25, 0.3) is 11.3 Å². The fourth-order valence-corrected chi connectivity index (χ4v) is 5.12. The lowest BCUT2D eigenvalue weighted by molar-refractivity contribution is 0.0984. The summed E-state index contributed by atoms with van der Waals surface area (Å²) in [5, 5.41) is 4.07. The highest BCUT2D eigenvalue weighted by molar-refractivity contribution is 7.84. The van der Waals surface area contributed by atoms with E-state index in [1.54, 1.807) is 31.4 Å². The molecule has 10 heteroatoms. The van der Waals surface area contributed by atoms with Gasteiger partial charge in [0.15, 0.2) is 0 Å². The summed E-state index contributed by atoms with van der Waals surface area (Å²) < 4.78 is 43.3. The molecule has 1 saturated carbocycles. The van der Waals surface area contributed by atoms with Crippen LogP contribution in [0.4, 0.5) is 20.2 Å². The van der Waals surface area contributed by atoms with Gasteiger partial charge in [0.05, 0.1) is 44.7 Å². The second kappa shape index (κ2) is 9.85.